The fourth-order valence-electron chi connectivity index (χ4n) is 3.30. The lowest BCUT2D eigenvalue weighted by Crippen LogP contribution is -2.23. The van der Waals surface area contributed by atoms with Crippen LogP contribution >= 0.6 is 0 Å². The molecule has 0 amide bonds. The van der Waals surface area contributed by atoms with Crippen LogP contribution in [-0.4, -0.2) is 27.5 Å². The van der Waals surface area contributed by atoms with E-state index in [2.05, 4.69) is 32.6 Å². The lowest BCUT2D eigenvalue weighted by Gasteiger charge is -2.18. The summed E-state index contributed by atoms with van der Waals surface area (Å²) in [5, 5.41) is 0. The predicted octanol–water partition coefficient (Wildman–Crippen LogP) is 2.34. The third-order valence-electron chi connectivity index (χ3n) is 4.47. The molecule has 4 heteroatoms. The van der Waals surface area contributed by atoms with Gasteiger partial charge >= 0.3 is 0 Å². The predicted molar refractivity (Wildman–Crippen MR) is 74.3 cm³/mol. The molecule has 0 spiro atoms. The molecule has 3 heterocycles. The molecule has 0 unspecified atom stereocenters. The second-order valence-corrected chi connectivity index (χ2v) is 5.72. The van der Waals surface area contributed by atoms with Crippen LogP contribution in [0.5, 0.6) is 0 Å². The zero-order valence-corrected chi connectivity index (χ0v) is 10.5. The van der Waals surface area contributed by atoms with E-state index in [1.165, 1.54) is 19.5 Å². The number of rotatable bonds is 1. The molecule has 2 atom stereocenters. The van der Waals surface area contributed by atoms with Gasteiger partial charge in [-0.2, -0.15) is 4.98 Å². The van der Waals surface area contributed by atoms with Gasteiger partial charge in [-0.3, -0.25) is 4.40 Å². The Morgan fingerprint density at radius 3 is 2.74 bits per heavy atom. The van der Waals surface area contributed by atoms with Gasteiger partial charge in [0.15, 0.2) is 0 Å². The van der Waals surface area contributed by atoms with Gasteiger partial charge < -0.3 is 4.90 Å². The SMILES string of the molecule is c1ccc2c(c1)nc1nc(N3C[C@H]4C[C@H]4C3)ccn12. The Hall–Kier alpha value is -2.10. The van der Waals surface area contributed by atoms with Crippen molar-refractivity contribution >= 4 is 22.6 Å². The van der Waals surface area contributed by atoms with Crippen molar-refractivity contribution in [3.8, 4) is 0 Å². The van der Waals surface area contributed by atoms with E-state index in [0.717, 1.165) is 34.5 Å². The van der Waals surface area contributed by atoms with Crippen molar-refractivity contribution in [1.82, 2.24) is 14.4 Å². The average Bonchev–Trinajstić information content (AvgIpc) is 2.91. The van der Waals surface area contributed by atoms with Crippen LogP contribution in [0.15, 0.2) is 36.5 Å². The first-order valence-electron chi connectivity index (χ1n) is 6.87. The van der Waals surface area contributed by atoms with Crippen LogP contribution in [0, 0.1) is 11.8 Å². The molecule has 1 saturated carbocycles. The highest BCUT2D eigenvalue weighted by Crippen LogP contribution is 2.45. The van der Waals surface area contributed by atoms with Gasteiger partial charge in [0.25, 0.3) is 0 Å². The van der Waals surface area contributed by atoms with E-state index < -0.39 is 0 Å². The molecule has 2 fully saturated rings. The molecule has 4 nitrogen and oxygen atoms in total. The summed E-state index contributed by atoms with van der Waals surface area (Å²) in [7, 11) is 0. The van der Waals surface area contributed by atoms with Crippen LogP contribution in [0.4, 0.5) is 5.82 Å². The molecular weight excluding hydrogens is 236 g/mol. The van der Waals surface area contributed by atoms with Crippen molar-refractivity contribution in [1.29, 1.82) is 0 Å². The quantitative estimate of drug-likeness (QED) is 0.664. The summed E-state index contributed by atoms with van der Waals surface area (Å²) in [6.07, 6.45) is 3.52. The minimum absolute atomic E-state index is 0.805. The van der Waals surface area contributed by atoms with E-state index in [1.54, 1.807) is 0 Å². The molecule has 94 valence electrons. The molecule has 2 aliphatic rings. The van der Waals surface area contributed by atoms with Crippen molar-refractivity contribution in [2.24, 2.45) is 11.8 Å². The van der Waals surface area contributed by atoms with Gasteiger partial charge in [0.1, 0.15) is 5.82 Å². The molecule has 1 aliphatic heterocycles. The highest BCUT2D eigenvalue weighted by Gasteiger charge is 2.45. The fourth-order valence-corrected chi connectivity index (χ4v) is 3.30. The molecule has 0 radical (unpaired) electrons. The zero-order valence-electron chi connectivity index (χ0n) is 10.5. The molecule has 5 rings (SSSR count). The second-order valence-electron chi connectivity index (χ2n) is 5.72. The van der Waals surface area contributed by atoms with E-state index in [4.69, 9.17) is 4.98 Å². The van der Waals surface area contributed by atoms with Crippen LogP contribution in [0.2, 0.25) is 0 Å². The average molecular weight is 250 g/mol. The monoisotopic (exact) mass is 250 g/mol. The summed E-state index contributed by atoms with van der Waals surface area (Å²) in [6, 6.07) is 10.3. The maximum atomic E-state index is 4.73. The van der Waals surface area contributed by atoms with Gasteiger partial charge in [-0.1, -0.05) is 12.1 Å². The number of hydrogen-bond acceptors (Lipinski definition) is 3. The Bertz CT molecular complexity index is 781. The zero-order chi connectivity index (χ0) is 12.4. The van der Waals surface area contributed by atoms with Gasteiger partial charge in [-0.05, 0) is 36.5 Å². The minimum atomic E-state index is 0.805. The molecule has 2 aromatic heterocycles. The molecule has 1 aliphatic carbocycles. The highest BCUT2D eigenvalue weighted by atomic mass is 15.3. The lowest BCUT2D eigenvalue weighted by molar-refractivity contribution is 0.804. The molecule has 3 aromatic rings. The number of para-hydroxylation sites is 2. The molecule has 19 heavy (non-hydrogen) atoms. The van der Waals surface area contributed by atoms with Gasteiger partial charge in [0.2, 0.25) is 5.78 Å². The topological polar surface area (TPSA) is 33.4 Å². The van der Waals surface area contributed by atoms with E-state index in [0.29, 0.717) is 0 Å². The molecular formula is C15H14N4. The van der Waals surface area contributed by atoms with Crippen molar-refractivity contribution in [3.05, 3.63) is 36.5 Å². The van der Waals surface area contributed by atoms with Crippen LogP contribution < -0.4 is 4.90 Å². The molecule has 0 N–H and O–H groups in total. The third kappa shape index (κ3) is 1.34. The van der Waals surface area contributed by atoms with E-state index in [9.17, 15) is 0 Å². The van der Waals surface area contributed by atoms with E-state index >= 15 is 0 Å². The number of hydrogen-bond donors (Lipinski definition) is 0. The number of anilines is 1. The first kappa shape index (κ1) is 9.78. The Kier molecular flexibility index (Phi) is 1.68. The number of fused-ring (bicyclic) bond motifs is 4. The molecule has 1 aromatic carbocycles. The van der Waals surface area contributed by atoms with Crippen molar-refractivity contribution in [2.45, 2.75) is 6.42 Å². The Labute approximate surface area is 110 Å². The summed E-state index contributed by atoms with van der Waals surface area (Å²) in [6.45, 7) is 2.35. The number of imidazole rings is 1. The highest BCUT2D eigenvalue weighted by molar-refractivity contribution is 5.79. The summed E-state index contributed by atoms with van der Waals surface area (Å²) in [5.74, 6) is 3.74. The first-order valence-corrected chi connectivity index (χ1v) is 6.87. The van der Waals surface area contributed by atoms with Crippen molar-refractivity contribution in [3.63, 3.8) is 0 Å². The maximum Gasteiger partial charge on any atom is 0.236 e. The van der Waals surface area contributed by atoms with E-state index in [1.807, 2.05) is 18.2 Å². The lowest BCUT2D eigenvalue weighted by atomic mass is 10.3. The van der Waals surface area contributed by atoms with Crippen molar-refractivity contribution < 1.29 is 0 Å². The Balaban J connectivity index is 1.66. The van der Waals surface area contributed by atoms with Gasteiger partial charge in [-0.25, -0.2) is 4.98 Å². The minimum Gasteiger partial charge on any atom is -0.356 e. The molecule has 1 saturated heterocycles. The number of piperidine rings is 1. The summed E-state index contributed by atoms with van der Waals surface area (Å²) in [5.41, 5.74) is 2.14. The summed E-state index contributed by atoms with van der Waals surface area (Å²) in [4.78, 5) is 11.7. The fraction of sp³-hybridized carbons (Fsp3) is 0.333. The first-order chi connectivity index (χ1) is 9.38. The van der Waals surface area contributed by atoms with Gasteiger partial charge in [0, 0.05) is 19.3 Å². The number of nitrogens with zero attached hydrogens (tertiary/aromatic N) is 4. The maximum absolute atomic E-state index is 4.73. The van der Waals surface area contributed by atoms with Crippen LogP contribution in [0.1, 0.15) is 6.42 Å². The van der Waals surface area contributed by atoms with Gasteiger partial charge in [0.05, 0.1) is 11.0 Å². The smallest absolute Gasteiger partial charge is 0.236 e. The Morgan fingerprint density at radius 2 is 1.84 bits per heavy atom. The van der Waals surface area contributed by atoms with Crippen LogP contribution in [0.3, 0.4) is 0 Å². The third-order valence-corrected chi connectivity index (χ3v) is 4.47. The standard InChI is InChI=1S/C15H14N4/c1-2-4-13-12(3-1)16-15-17-14(5-6-19(13)15)18-8-10-7-11(10)9-18/h1-6,10-11H,7-9H2/t10-,11+. The summed E-state index contributed by atoms with van der Waals surface area (Å²) >= 11 is 0. The molecule has 0 bridgehead atoms. The normalized spacial score (nSPS) is 25.2. The van der Waals surface area contributed by atoms with E-state index in [-0.39, 0.29) is 0 Å². The van der Waals surface area contributed by atoms with Crippen molar-refractivity contribution in [2.75, 3.05) is 18.0 Å². The van der Waals surface area contributed by atoms with Crippen LogP contribution in [-0.2, 0) is 0 Å². The Morgan fingerprint density at radius 1 is 1.00 bits per heavy atom. The van der Waals surface area contributed by atoms with Gasteiger partial charge in [-0.15, -0.1) is 0 Å². The second kappa shape index (κ2) is 3.26. The van der Waals surface area contributed by atoms with Crippen LogP contribution in [0.25, 0.3) is 16.8 Å². The summed E-state index contributed by atoms with van der Waals surface area (Å²) < 4.78 is 2.07. The number of benzene rings is 1. The largest absolute Gasteiger partial charge is 0.356 e. The number of aromatic nitrogens is 3.